The minimum Gasteiger partial charge on any atom is -0.493 e. The van der Waals surface area contributed by atoms with Crippen molar-refractivity contribution in [2.75, 3.05) is 26.6 Å². The smallest absolute Gasteiger partial charge is 0.343 e. The van der Waals surface area contributed by atoms with Crippen LogP contribution in [0, 0.1) is 0 Å². The molecule has 144 valence electrons. The third-order valence-electron chi connectivity index (χ3n) is 3.68. The molecule has 8 heteroatoms. The lowest BCUT2D eigenvalue weighted by Gasteiger charge is -2.14. The molecule has 0 fully saturated rings. The van der Waals surface area contributed by atoms with Crippen molar-refractivity contribution in [1.82, 2.24) is 0 Å². The maximum atomic E-state index is 12.5. The van der Waals surface area contributed by atoms with E-state index in [1.54, 1.807) is 0 Å². The van der Waals surface area contributed by atoms with Gasteiger partial charge in [-0.3, -0.25) is 4.79 Å². The lowest BCUT2D eigenvalue weighted by Crippen LogP contribution is -2.12. The standard InChI is InChI=1S/C19H21NO7/c1-11(22)20-15-7-12(5-6-13(15)10-21)19(23)27-14-8-16(24-2)18(26-4)17(9-14)25-3/h5-9,21H,10H2,1-4H3,(H,20,22). The largest absolute Gasteiger partial charge is 0.493 e. The summed E-state index contributed by atoms with van der Waals surface area (Å²) in [5.74, 6) is 0.283. The Morgan fingerprint density at radius 1 is 1.00 bits per heavy atom. The number of aliphatic hydroxyl groups is 1. The Kier molecular flexibility index (Phi) is 6.62. The topological polar surface area (TPSA) is 103 Å². The first kappa shape index (κ1) is 20.1. The van der Waals surface area contributed by atoms with Gasteiger partial charge >= 0.3 is 5.97 Å². The van der Waals surface area contributed by atoms with Crippen molar-refractivity contribution >= 4 is 17.6 Å². The molecule has 0 saturated carbocycles. The van der Waals surface area contributed by atoms with Gasteiger partial charge in [0, 0.05) is 30.3 Å². The molecule has 0 heterocycles. The van der Waals surface area contributed by atoms with E-state index in [2.05, 4.69) is 5.32 Å². The van der Waals surface area contributed by atoms with Crippen LogP contribution in [0.15, 0.2) is 30.3 Å². The van der Waals surface area contributed by atoms with Crippen LogP contribution in [0.5, 0.6) is 23.0 Å². The predicted octanol–water partition coefficient (Wildman–Crippen LogP) is 2.38. The molecule has 2 aromatic carbocycles. The van der Waals surface area contributed by atoms with Crippen molar-refractivity contribution in [3.8, 4) is 23.0 Å². The predicted molar refractivity (Wildman–Crippen MR) is 97.7 cm³/mol. The lowest BCUT2D eigenvalue weighted by atomic mass is 10.1. The summed E-state index contributed by atoms with van der Waals surface area (Å²) in [6.45, 7) is 1.06. The second-order valence-electron chi connectivity index (χ2n) is 5.46. The van der Waals surface area contributed by atoms with Crippen LogP contribution in [0.1, 0.15) is 22.8 Å². The van der Waals surface area contributed by atoms with E-state index in [9.17, 15) is 14.7 Å². The number of aliphatic hydroxyl groups excluding tert-OH is 1. The Balaban J connectivity index is 2.33. The van der Waals surface area contributed by atoms with Gasteiger partial charge in [0.05, 0.1) is 33.5 Å². The molecule has 0 radical (unpaired) electrons. The van der Waals surface area contributed by atoms with Crippen molar-refractivity contribution in [3.05, 3.63) is 41.5 Å². The fourth-order valence-corrected chi connectivity index (χ4v) is 2.43. The number of hydrogen-bond donors (Lipinski definition) is 2. The van der Waals surface area contributed by atoms with Crippen LogP contribution in [0.25, 0.3) is 0 Å². The highest BCUT2D eigenvalue weighted by Crippen LogP contribution is 2.41. The molecule has 0 spiro atoms. The monoisotopic (exact) mass is 375 g/mol. The normalized spacial score (nSPS) is 10.1. The summed E-state index contributed by atoms with van der Waals surface area (Å²) in [6.07, 6.45) is 0. The number of carbonyl (C=O) groups excluding carboxylic acids is 2. The quantitative estimate of drug-likeness (QED) is 0.566. The third-order valence-corrected chi connectivity index (χ3v) is 3.68. The van der Waals surface area contributed by atoms with Gasteiger partial charge in [-0.25, -0.2) is 4.79 Å². The Labute approximate surface area is 156 Å². The van der Waals surface area contributed by atoms with E-state index in [0.717, 1.165) is 0 Å². The number of benzene rings is 2. The van der Waals surface area contributed by atoms with Gasteiger partial charge < -0.3 is 29.4 Å². The second kappa shape index (κ2) is 8.91. The number of nitrogens with one attached hydrogen (secondary N) is 1. The number of ether oxygens (including phenoxy) is 4. The number of methoxy groups -OCH3 is 3. The molecule has 0 aliphatic carbocycles. The zero-order chi connectivity index (χ0) is 20.0. The first-order valence-corrected chi connectivity index (χ1v) is 7.97. The average molecular weight is 375 g/mol. The van der Waals surface area contributed by atoms with Gasteiger partial charge in [0.15, 0.2) is 11.5 Å². The van der Waals surface area contributed by atoms with E-state index >= 15 is 0 Å². The molecule has 2 aromatic rings. The first-order valence-electron chi connectivity index (χ1n) is 7.97. The van der Waals surface area contributed by atoms with Crippen molar-refractivity contribution in [1.29, 1.82) is 0 Å². The van der Waals surface area contributed by atoms with Crippen molar-refractivity contribution in [2.24, 2.45) is 0 Å². The van der Waals surface area contributed by atoms with Crippen molar-refractivity contribution < 1.29 is 33.6 Å². The highest BCUT2D eigenvalue weighted by atomic mass is 16.5. The molecule has 0 aliphatic rings. The van der Waals surface area contributed by atoms with Gasteiger partial charge in [0.2, 0.25) is 11.7 Å². The summed E-state index contributed by atoms with van der Waals surface area (Å²) in [5.41, 5.74) is 1.02. The zero-order valence-corrected chi connectivity index (χ0v) is 15.5. The van der Waals surface area contributed by atoms with Gasteiger partial charge in [-0.2, -0.15) is 0 Å². The summed E-state index contributed by atoms with van der Waals surface area (Å²) < 4.78 is 21.1. The summed E-state index contributed by atoms with van der Waals surface area (Å²) in [6, 6.07) is 7.47. The number of rotatable bonds is 7. The molecule has 0 aromatic heterocycles. The lowest BCUT2D eigenvalue weighted by molar-refractivity contribution is -0.114. The zero-order valence-electron chi connectivity index (χ0n) is 15.5. The Bertz CT molecular complexity index is 823. The van der Waals surface area contributed by atoms with Crippen LogP contribution in [-0.4, -0.2) is 38.3 Å². The Morgan fingerprint density at radius 3 is 2.11 bits per heavy atom. The highest BCUT2D eigenvalue weighted by molar-refractivity contribution is 5.95. The molecule has 0 unspecified atom stereocenters. The van der Waals surface area contributed by atoms with Gasteiger partial charge in [-0.1, -0.05) is 6.07 Å². The van der Waals surface area contributed by atoms with E-state index in [1.807, 2.05) is 0 Å². The Hall–Kier alpha value is -3.26. The Morgan fingerprint density at radius 2 is 1.63 bits per heavy atom. The van der Waals surface area contributed by atoms with Gasteiger partial charge in [-0.15, -0.1) is 0 Å². The molecule has 0 aliphatic heterocycles. The number of hydrogen-bond acceptors (Lipinski definition) is 7. The van der Waals surface area contributed by atoms with Gasteiger partial charge in [0.1, 0.15) is 5.75 Å². The average Bonchev–Trinajstić information content (AvgIpc) is 2.66. The molecule has 0 saturated heterocycles. The fraction of sp³-hybridized carbons (Fsp3) is 0.263. The molecular formula is C19H21NO7. The molecule has 2 N–H and O–H groups in total. The van der Waals surface area contributed by atoms with Gasteiger partial charge in [-0.05, 0) is 12.1 Å². The fourth-order valence-electron chi connectivity index (χ4n) is 2.43. The van der Waals surface area contributed by atoms with Crippen molar-refractivity contribution in [3.63, 3.8) is 0 Å². The van der Waals surface area contributed by atoms with E-state index < -0.39 is 5.97 Å². The molecule has 1 amide bonds. The number of carbonyl (C=O) groups is 2. The van der Waals surface area contributed by atoms with Crippen molar-refractivity contribution in [2.45, 2.75) is 13.5 Å². The summed E-state index contributed by atoms with van der Waals surface area (Å²) in [7, 11) is 4.38. The summed E-state index contributed by atoms with van der Waals surface area (Å²) in [4.78, 5) is 23.8. The SMILES string of the molecule is COc1cc(OC(=O)c2ccc(CO)c(NC(C)=O)c2)cc(OC)c1OC. The molecule has 2 rings (SSSR count). The minimum absolute atomic E-state index is 0.196. The maximum absolute atomic E-state index is 12.5. The summed E-state index contributed by atoms with van der Waals surface area (Å²) in [5, 5.41) is 11.9. The maximum Gasteiger partial charge on any atom is 0.343 e. The molecular weight excluding hydrogens is 354 g/mol. The van der Waals surface area contributed by atoms with Crippen LogP contribution in [0.3, 0.4) is 0 Å². The van der Waals surface area contributed by atoms with Gasteiger partial charge in [0.25, 0.3) is 0 Å². The molecule has 27 heavy (non-hydrogen) atoms. The minimum atomic E-state index is -0.652. The van der Waals surface area contributed by atoms with Crippen LogP contribution in [0.4, 0.5) is 5.69 Å². The molecule has 0 atom stereocenters. The number of amides is 1. The van der Waals surface area contributed by atoms with Crippen LogP contribution < -0.4 is 24.3 Å². The van der Waals surface area contributed by atoms with E-state index in [0.29, 0.717) is 28.5 Å². The third kappa shape index (κ3) is 4.68. The second-order valence-corrected chi connectivity index (χ2v) is 5.46. The first-order chi connectivity index (χ1) is 12.9. The van der Waals surface area contributed by atoms with Crippen LogP contribution in [0.2, 0.25) is 0 Å². The molecule has 0 bridgehead atoms. The van der Waals surface area contributed by atoms with Crippen LogP contribution >= 0.6 is 0 Å². The number of anilines is 1. The molecule has 8 nitrogen and oxygen atoms in total. The highest BCUT2D eigenvalue weighted by Gasteiger charge is 2.17. The van der Waals surface area contributed by atoms with E-state index in [-0.39, 0.29) is 23.8 Å². The number of esters is 1. The van der Waals surface area contributed by atoms with E-state index in [4.69, 9.17) is 18.9 Å². The van der Waals surface area contributed by atoms with Crippen LogP contribution in [-0.2, 0) is 11.4 Å². The summed E-state index contributed by atoms with van der Waals surface area (Å²) >= 11 is 0. The van der Waals surface area contributed by atoms with E-state index in [1.165, 1.54) is 58.6 Å².